The van der Waals surface area contributed by atoms with Gasteiger partial charge in [-0.1, -0.05) is 12.1 Å². The number of hydrogen-bond donors (Lipinski definition) is 1. The lowest BCUT2D eigenvalue weighted by atomic mass is 10.3. The first kappa shape index (κ1) is 13.4. The van der Waals surface area contributed by atoms with Crippen LogP contribution in [0.3, 0.4) is 0 Å². The van der Waals surface area contributed by atoms with Gasteiger partial charge in [-0.15, -0.1) is 0 Å². The lowest BCUT2D eigenvalue weighted by Crippen LogP contribution is -1.96. The van der Waals surface area contributed by atoms with Crippen LogP contribution in [0.5, 0.6) is 0 Å². The molecule has 2 heterocycles. The van der Waals surface area contributed by atoms with E-state index < -0.39 is 4.92 Å². The summed E-state index contributed by atoms with van der Waals surface area (Å²) in [6.07, 6.45) is 0. The summed E-state index contributed by atoms with van der Waals surface area (Å²) in [5.74, 6) is 0.419. The molecular formula is C13H10N4O3S. The van der Waals surface area contributed by atoms with E-state index in [1.165, 1.54) is 12.1 Å². The van der Waals surface area contributed by atoms with E-state index in [-0.39, 0.29) is 5.69 Å². The van der Waals surface area contributed by atoms with Gasteiger partial charge in [-0.2, -0.15) is 0 Å². The monoisotopic (exact) mass is 302 g/mol. The lowest BCUT2D eigenvalue weighted by molar-refractivity contribution is -0.385. The highest BCUT2D eigenvalue weighted by Crippen LogP contribution is 2.31. The first-order valence-electron chi connectivity index (χ1n) is 6.03. The third kappa shape index (κ3) is 2.79. The van der Waals surface area contributed by atoms with E-state index in [2.05, 4.69) is 15.3 Å². The highest BCUT2D eigenvalue weighted by molar-refractivity contribution is 7.99. The van der Waals surface area contributed by atoms with Gasteiger partial charge in [0.1, 0.15) is 16.4 Å². The molecule has 21 heavy (non-hydrogen) atoms. The Kier molecular flexibility index (Phi) is 3.44. The molecule has 0 aliphatic carbocycles. The van der Waals surface area contributed by atoms with Crippen LogP contribution < -0.4 is 5.32 Å². The van der Waals surface area contributed by atoms with Gasteiger partial charge in [0.25, 0.3) is 10.9 Å². The Morgan fingerprint density at radius 1 is 1.29 bits per heavy atom. The largest absolute Gasteiger partial charge is 0.431 e. The molecule has 0 fully saturated rings. The Morgan fingerprint density at radius 2 is 2.10 bits per heavy atom. The topological polar surface area (TPSA) is 94.1 Å². The summed E-state index contributed by atoms with van der Waals surface area (Å²) >= 11 is 1.14. The minimum atomic E-state index is -0.460. The number of hydrogen-bond acceptors (Lipinski definition) is 7. The molecule has 0 radical (unpaired) electrons. The van der Waals surface area contributed by atoms with Crippen molar-refractivity contribution in [1.29, 1.82) is 0 Å². The molecule has 0 aliphatic rings. The van der Waals surface area contributed by atoms with Gasteiger partial charge in [-0.25, -0.2) is 9.97 Å². The summed E-state index contributed by atoms with van der Waals surface area (Å²) in [6.45, 7) is 0. The average molecular weight is 302 g/mol. The van der Waals surface area contributed by atoms with E-state index in [4.69, 9.17) is 4.42 Å². The van der Waals surface area contributed by atoms with Crippen LogP contribution in [0, 0.1) is 10.1 Å². The fourth-order valence-electron chi connectivity index (χ4n) is 1.76. The highest BCUT2D eigenvalue weighted by atomic mass is 32.2. The maximum atomic E-state index is 10.9. The van der Waals surface area contributed by atoms with Crippen molar-refractivity contribution in [3.63, 3.8) is 0 Å². The summed E-state index contributed by atoms with van der Waals surface area (Å²) in [5.41, 5.74) is 1.37. The second-order valence-corrected chi connectivity index (χ2v) is 5.08. The number of pyridine rings is 1. The number of rotatable bonds is 4. The van der Waals surface area contributed by atoms with Crippen LogP contribution in [0.15, 0.2) is 51.1 Å². The zero-order valence-electron chi connectivity index (χ0n) is 10.9. The molecule has 0 spiro atoms. The molecule has 8 heteroatoms. The molecule has 2 aromatic heterocycles. The predicted molar refractivity (Wildman–Crippen MR) is 78.6 cm³/mol. The van der Waals surface area contributed by atoms with Gasteiger partial charge < -0.3 is 9.73 Å². The summed E-state index contributed by atoms with van der Waals surface area (Å²) in [7, 11) is 1.65. The van der Waals surface area contributed by atoms with E-state index in [1.807, 2.05) is 24.3 Å². The Hall–Kier alpha value is -2.61. The number of aromatic nitrogens is 2. The van der Waals surface area contributed by atoms with Crippen molar-refractivity contribution < 1.29 is 9.34 Å². The number of para-hydroxylation sites is 2. The fourth-order valence-corrected chi connectivity index (χ4v) is 2.54. The molecule has 3 aromatic rings. The van der Waals surface area contributed by atoms with Crippen molar-refractivity contribution in [2.24, 2.45) is 0 Å². The molecule has 1 N–H and O–H groups in total. The molecule has 1 aromatic carbocycles. The number of benzene rings is 1. The number of anilines is 1. The van der Waals surface area contributed by atoms with Gasteiger partial charge in [0.2, 0.25) is 0 Å². The smallest absolute Gasteiger partial charge is 0.275 e. The predicted octanol–water partition coefficient (Wildman–Crippen LogP) is 3.32. The minimum absolute atomic E-state index is 0.0343. The van der Waals surface area contributed by atoms with Gasteiger partial charge in [0, 0.05) is 13.1 Å². The summed E-state index contributed by atoms with van der Waals surface area (Å²) in [4.78, 5) is 19.0. The standard InChI is InChI=1S/C13H10N4O3S/c1-14-11-6-8(17(18)19)7-12(16-11)21-13-15-9-4-2-3-5-10(9)20-13/h2-7H,1H3,(H,14,16). The van der Waals surface area contributed by atoms with Crippen LogP contribution in [0.1, 0.15) is 0 Å². The van der Waals surface area contributed by atoms with Crippen LogP contribution in [-0.4, -0.2) is 21.9 Å². The normalized spacial score (nSPS) is 10.7. The molecule has 106 valence electrons. The summed E-state index contributed by atoms with van der Waals surface area (Å²) in [5, 5.41) is 14.6. The van der Waals surface area contributed by atoms with Crippen LogP contribution in [0.25, 0.3) is 11.1 Å². The Morgan fingerprint density at radius 3 is 2.81 bits per heavy atom. The van der Waals surface area contributed by atoms with E-state index in [1.54, 1.807) is 7.05 Å². The number of fused-ring (bicyclic) bond motifs is 1. The Bertz CT molecular complexity index is 785. The maximum absolute atomic E-state index is 10.9. The van der Waals surface area contributed by atoms with Gasteiger partial charge in [-0.05, 0) is 23.9 Å². The number of nitro groups is 1. The van der Waals surface area contributed by atoms with Crippen molar-refractivity contribution in [1.82, 2.24) is 9.97 Å². The van der Waals surface area contributed by atoms with Crippen LogP contribution in [-0.2, 0) is 0 Å². The Labute approximate surface area is 123 Å². The van der Waals surface area contributed by atoms with Crippen molar-refractivity contribution in [3.05, 3.63) is 46.5 Å². The first-order chi connectivity index (χ1) is 10.2. The molecule has 0 unspecified atom stereocenters. The van der Waals surface area contributed by atoms with Crippen molar-refractivity contribution in [2.45, 2.75) is 10.2 Å². The van der Waals surface area contributed by atoms with Crippen molar-refractivity contribution >= 4 is 34.4 Å². The quantitative estimate of drug-likeness (QED) is 0.583. The minimum Gasteiger partial charge on any atom is -0.431 e. The number of oxazole rings is 1. The van der Waals surface area contributed by atoms with E-state index in [0.717, 1.165) is 17.3 Å². The zero-order valence-corrected chi connectivity index (χ0v) is 11.8. The molecule has 0 saturated carbocycles. The van der Waals surface area contributed by atoms with E-state index >= 15 is 0 Å². The third-order valence-corrected chi connectivity index (χ3v) is 3.49. The van der Waals surface area contributed by atoms with Crippen LogP contribution in [0.4, 0.5) is 11.5 Å². The maximum Gasteiger partial charge on any atom is 0.275 e. The van der Waals surface area contributed by atoms with Gasteiger partial charge >= 0.3 is 0 Å². The molecular weight excluding hydrogens is 292 g/mol. The number of nitrogens with one attached hydrogen (secondary N) is 1. The van der Waals surface area contributed by atoms with Crippen molar-refractivity contribution in [3.8, 4) is 0 Å². The zero-order chi connectivity index (χ0) is 14.8. The molecule has 0 saturated heterocycles. The molecule has 0 amide bonds. The summed E-state index contributed by atoms with van der Waals surface area (Å²) < 4.78 is 5.57. The van der Waals surface area contributed by atoms with Gasteiger partial charge in [-0.3, -0.25) is 10.1 Å². The highest BCUT2D eigenvalue weighted by Gasteiger charge is 2.14. The molecule has 0 aliphatic heterocycles. The summed E-state index contributed by atoms with van der Waals surface area (Å²) in [6, 6.07) is 10.1. The fraction of sp³-hybridized carbons (Fsp3) is 0.0769. The average Bonchev–Trinajstić information content (AvgIpc) is 2.88. The second kappa shape index (κ2) is 5.41. The first-order valence-corrected chi connectivity index (χ1v) is 6.85. The van der Waals surface area contributed by atoms with E-state index in [9.17, 15) is 10.1 Å². The van der Waals surface area contributed by atoms with E-state index in [0.29, 0.717) is 21.6 Å². The van der Waals surface area contributed by atoms with Crippen LogP contribution in [0.2, 0.25) is 0 Å². The lowest BCUT2D eigenvalue weighted by Gasteiger charge is -2.02. The molecule has 0 atom stereocenters. The molecule has 7 nitrogen and oxygen atoms in total. The van der Waals surface area contributed by atoms with Crippen molar-refractivity contribution in [2.75, 3.05) is 12.4 Å². The Balaban J connectivity index is 1.96. The SMILES string of the molecule is CNc1cc([N+](=O)[O-])cc(Sc2nc3ccccc3o2)n1. The third-order valence-electron chi connectivity index (χ3n) is 2.72. The van der Waals surface area contributed by atoms with Gasteiger partial charge in [0.05, 0.1) is 11.0 Å². The second-order valence-electron chi connectivity index (χ2n) is 4.11. The van der Waals surface area contributed by atoms with Crippen LogP contribution >= 0.6 is 11.8 Å². The molecule has 3 rings (SSSR count). The molecule has 0 bridgehead atoms. The van der Waals surface area contributed by atoms with Gasteiger partial charge in [0.15, 0.2) is 5.58 Å². The number of nitrogens with zero attached hydrogens (tertiary/aromatic N) is 3.